The Hall–Kier alpha value is -2.23. The van der Waals surface area contributed by atoms with Gasteiger partial charge in [-0.1, -0.05) is 24.8 Å². The van der Waals surface area contributed by atoms with Crippen LogP contribution >= 0.6 is 0 Å². The number of benzene rings is 1. The largest absolute Gasteiger partial charge is 0.504 e. The molecule has 4 nitrogen and oxygen atoms in total. The van der Waals surface area contributed by atoms with Crippen molar-refractivity contribution in [1.29, 1.82) is 0 Å². The first-order valence-electron chi connectivity index (χ1n) is 5.01. The first kappa shape index (κ1) is 12.8. The van der Waals surface area contributed by atoms with Gasteiger partial charge in [0.05, 0.1) is 19.4 Å². The quantitative estimate of drug-likeness (QED) is 0.249. The van der Waals surface area contributed by atoms with Crippen LogP contribution in [0.15, 0.2) is 49.3 Å². The third-order valence-electron chi connectivity index (χ3n) is 1.76. The number of methoxy groups -OCH3 is 1. The second-order valence-corrected chi connectivity index (χ2v) is 3.01. The number of hydrogen-bond donors (Lipinski definition) is 0. The zero-order chi connectivity index (χ0) is 12.5. The molecule has 0 radical (unpaired) electrons. The predicted octanol–water partition coefficient (Wildman–Crippen LogP) is 2.32. The highest BCUT2D eigenvalue weighted by atomic mass is 16.6. The SMILES string of the molecule is C=CCOc1ccccc1OC(=O)C=COC. The molecule has 0 saturated heterocycles. The van der Waals surface area contributed by atoms with Gasteiger partial charge >= 0.3 is 5.97 Å². The van der Waals surface area contributed by atoms with Gasteiger partial charge in [-0.05, 0) is 12.1 Å². The molecule has 0 spiro atoms. The van der Waals surface area contributed by atoms with Crippen molar-refractivity contribution in [2.75, 3.05) is 13.7 Å². The number of para-hydroxylation sites is 2. The maximum Gasteiger partial charge on any atom is 0.339 e. The van der Waals surface area contributed by atoms with Crippen molar-refractivity contribution in [3.8, 4) is 11.5 Å². The van der Waals surface area contributed by atoms with Crippen LogP contribution in [0.3, 0.4) is 0 Å². The Morgan fingerprint density at radius 1 is 1.35 bits per heavy atom. The summed E-state index contributed by atoms with van der Waals surface area (Å²) in [5, 5.41) is 0. The third kappa shape index (κ3) is 4.42. The van der Waals surface area contributed by atoms with E-state index in [0.29, 0.717) is 18.1 Å². The Labute approximate surface area is 100 Å². The fraction of sp³-hybridized carbons (Fsp3) is 0.154. The fourth-order valence-electron chi connectivity index (χ4n) is 1.07. The van der Waals surface area contributed by atoms with Gasteiger partial charge in [0.25, 0.3) is 0 Å². The van der Waals surface area contributed by atoms with Crippen LogP contribution in [0.5, 0.6) is 11.5 Å². The van der Waals surface area contributed by atoms with Crippen molar-refractivity contribution < 1.29 is 19.0 Å². The first-order chi connectivity index (χ1) is 8.27. The molecule has 0 atom stereocenters. The van der Waals surface area contributed by atoms with E-state index < -0.39 is 5.97 Å². The monoisotopic (exact) mass is 234 g/mol. The highest BCUT2D eigenvalue weighted by Gasteiger charge is 2.07. The smallest absolute Gasteiger partial charge is 0.339 e. The molecule has 0 bridgehead atoms. The summed E-state index contributed by atoms with van der Waals surface area (Å²) in [7, 11) is 1.45. The molecule has 0 aliphatic carbocycles. The number of esters is 1. The maximum absolute atomic E-state index is 11.3. The summed E-state index contributed by atoms with van der Waals surface area (Å²) in [5.41, 5.74) is 0. The van der Waals surface area contributed by atoms with E-state index in [0.717, 1.165) is 0 Å². The summed E-state index contributed by atoms with van der Waals surface area (Å²) in [6, 6.07) is 6.91. The normalized spacial score (nSPS) is 9.94. The van der Waals surface area contributed by atoms with E-state index in [4.69, 9.17) is 9.47 Å². The Bertz CT molecular complexity index is 410. The molecule has 0 heterocycles. The zero-order valence-electron chi connectivity index (χ0n) is 9.59. The Morgan fingerprint density at radius 2 is 2.06 bits per heavy atom. The zero-order valence-corrected chi connectivity index (χ0v) is 9.59. The lowest BCUT2D eigenvalue weighted by Gasteiger charge is -2.08. The molecular weight excluding hydrogens is 220 g/mol. The van der Waals surface area contributed by atoms with Crippen LogP contribution in [0.1, 0.15) is 0 Å². The van der Waals surface area contributed by atoms with Crippen molar-refractivity contribution in [3.63, 3.8) is 0 Å². The van der Waals surface area contributed by atoms with Gasteiger partial charge in [-0.15, -0.1) is 0 Å². The van der Waals surface area contributed by atoms with Crippen molar-refractivity contribution in [1.82, 2.24) is 0 Å². The van der Waals surface area contributed by atoms with E-state index in [-0.39, 0.29) is 0 Å². The molecule has 0 amide bonds. The molecule has 0 aliphatic rings. The lowest BCUT2D eigenvalue weighted by Crippen LogP contribution is -2.06. The molecule has 0 saturated carbocycles. The average molecular weight is 234 g/mol. The number of ether oxygens (including phenoxy) is 3. The Balaban J connectivity index is 2.72. The van der Waals surface area contributed by atoms with E-state index in [1.165, 1.54) is 19.4 Å². The van der Waals surface area contributed by atoms with Gasteiger partial charge < -0.3 is 14.2 Å². The van der Waals surface area contributed by atoms with Crippen molar-refractivity contribution >= 4 is 5.97 Å². The second kappa shape index (κ2) is 7.11. The lowest BCUT2D eigenvalue weighted by molar-refractivity contribution is -0.129. The number of carbonyl (C=O) groups is 1. The molecule has 0 unspecified atom stereocenters. The van der Waals surface area contributed by atoms with Gasteiger partial charge in [-0.3, -0.25) is 0 Å². The summed E-state index contributed by atoms with van der Waals surface area (Å²) in [5.74, 6) is 0.327. The fourth-order valence-corrected chi connectivity index (χ4v) is 1.07. The van der Waals surface area contributed by atoms with Crippen molar-refractivity contribution in [2.24, 2.45) is 0 Å². The minimum absolute atomic E-state index is 0.350. The molecule has 17 heavy (non-hydrogen) atoms. The summed E-state index contributed by atoms with van der Waals surface area (Å²) in [4.78, 5) is 11.3. The van der Waals surface area contributed by atoms with E-state index in [9.17, 15) is 4.79 Å². The number of rotatable bonds is 6. The van der Waals surface area contributed by atoms with E-state index in [1.807, 2.05) is 0 Å². The van der Waals surface area contributed by atoms with Crippen molar-refractivity contribution in [3.05, 3.63) is 49.3 Å². The average Bonchev–Trinajstić information content (AvgIpc) is 2.35. The predicted molar refractivity (Wildman–Crippen MR) is 63.9 cm³/mol. The first-order valence-corrected chi connectivity index (χ1v) is 5.01. The molecule has 1 aromatic carbocycles. The summed E-state index contributed by atoms with van der Waals surface area (Å²) in [6.07, 6.45) is 4.04. The molecule has 90 valence electrons. The van der Waals surface area contributed by atoms with Crippen LogP contribution in [-0.2, 0) is 9.53 Å². The van der Waals surface area contributed by atoms with Gasteiger partial charge in [0, 0.05) is 0 Å². The van der Waals surface area contributed by atoms with Crippen LogP contribution in [0.4, 0.5) is 0 Å². The van der Waals surface area contributed by atoms with Gasteiger partial charge in [0.1, 0.15) is 6.61 Å². The number of hydrogen-bond acceptors (Lipinski definition) is 4. The van der Waals surface area contributed by atoms with Crippen LogP contribution in [0.25, 0.3) is 0 Å². The lowest BCUT2D eigenvalue weighted by atomic mass is 10.3. The Morgan fingerprint density at radius 3 is 2.71 bits per heavy atom. The van der Waals surface area contributed by atoms with Crippen LogP contribution < -0.4 is 9.47 Å². The summed E-state index contributed by atoms with van der Waals surface area (Å²) >= 11 is 0. The standard InChI is InChI=1S/C13H14O4/c1-3-9-16-11-6-4-5-7-12(11)17-13(14)8-10-15-2/h3-8,10H,1,9H2,2H3. The topological polar surface area (TPSA) is 44.8 Å². The van der Waals surface area contributed by atoms with Gasteiger partial charge in [0.2, 0.25) is 0 Å². The minimum Gasteiger partial charge on any atom is -0.504 e. The molecule has 1 aromatic rings. The second-order valence-electron chi connectivity index (χ2n) is 3.01. The Kier molecular flexibility index (Phi) is 5.37. The van der Waals surface area contributed by atoms with Crippen molar-refractivity contribution in [2.45, 2.75) is 0 Å². The van der Waals surface area contributed by atoms with E-state index in [2.05, 4.69) is 11.3 Å². The van der Waals surface area contributed by atoms with E-state index in [1.54, 1.807) is 30.3 Å². The molecule has 4 heteroatoms. The number of carbonyl (C=O) groups excluding carboxylic acids is 1. The summed E-state index contributed by atoms with van der Waals surface area (Å²) < 4.78 is 15.0. The molecule has 0 N–H and O–H groups in total. The molecule has 0 aromatic heterocycles. The van der Waals surface area contributed by atoms with Crippen LogP contribution in [0, 0.1) is 0 Å². The van der Waals surface area contributed by atoms with Gasteiger partial charge in [-0.2, -0.15) is 0 Å². The highest BCUT2D eigenvalue weighted by Crippen LogP contribution is 2.26. The highest BCUT2D eigenvalue weighted by molar-refractivity contribution is 5.84. The van der Waals surface area contributed by atoms with Crippen LogP contribution in [-0.4, -0.2) is 19.7 Å². The van der Waals surface area contributed by atoms with Crippen LogP contribution in [0.2, 0.25) is 0 Å². The maximum atomic E-state index is 11.3. The van der Waals surface area contributed by atoms with Gasteiger partial charge in [0.15, 0.2) is 11.5 Å². The molecule has 1 rings (SSSR count). The summed E-state index contributed by atoms with van der Waals surface area (Å²) in [6.45, 7) is 3.90. The minimum atomic E-state index is -0.526. The molecule has 0 aliphatic heterocycles. The van der Waals surface area contributed by atoms with Gasteiger partial charge in [-0.25, -0.2) is 4.79 Å². The molecular formula is C13H14O4. The third-order valence-corrected chi connectivity index (χ3v) is 1.76. The van der Waals surface area contributed by atoms with E-state index >= 15 is 0 Å². The molecule has 0 fully saturated rings.